The van der Waals surface area contributed by atoms with Crippen LogP contribution in [0.2, 0.25) is 0 Å². The summed E-state index contributed by atoms with van der Waals surface area (Å²) in [5.74, 6) is -2.65. The van der Waals surface area contributed by atoms with E-state index in [-0.39, 0.29) is 5.69 Å². The molecule has 3 N–H and O–H groups in total. The third-order valence-corrected chi connectivity index (χ3v) is 2.18. The van der Waals surface area contributed by atoms with Crippen LogP contribution in [0.15, 0.2) is 24.3 Å². The van der Waals surface area contributed by atoms with Gasteiger partial charge < -0.3 is 20.4 Å². The highest BCUT2D eigenvalue weighted by molar-refractivity contribution is 5.93. The fraction of sp³-hybridized carbons (Fsp3) is 0.167. The van der Waals surface area contributed by atoms with Gasteiger partial charge in [-0.3, -0.25) is 9.59 Å². The lowest BCUT2D eigenvalue weighted by Crippen LogP contribution is -2.41. The second-order valence-corrected chi connectivity index (χ2v) is 3.77. The van der Waals surface area contributed by atoms with Gasteiger partial charge in [0, 0.05) is 5.69 Å². The minimum atomic E-state index is -1.33. The zero-order chi connectivity index (χ0) is 15.1. The molecular formula is C12H11N3O5. The normalized spacial score (nSPS) is 9.35. The van der Waals surface area contributed by atoms with E-state index in [0.29, 0.717) is 10.5 Å². The van der Waals surface area contributed by atoms with E-state index in [1.165, 1.54) is 24.3 Å². The summed E-state index contributed by atoms with van der Waals surface area (Å²) in [7, 11) is 0. The smallest absolute Gasteiger partial charge is 0.323 e. The summed E-state index contributed by atoms with van der Waals surface area (Å²) in [4.78, 5) is 33.6. The molecule has 0 saturated heterocycles. The van der Waals surface area contributed by atoms with Crippen LogP contribution in [-0.4, -0.2) is 46.2 Å². The van der Waals surface area contributed by atoms with Crippen LogP contribution in [0.4, 0.5) is 10.5 Å². The number of amides is 2. The summed E-state index contributed by atoms with van der Waals surface area (Å²) in [6, 6.07) is 6.96. The molecule has 2 amide bonds. The van der Waals surface area contributed by atoms with Crippen molar-refractivity contribution in [3.63, 3.8) is 0 Å². The summed E-state index contributed by atoms with van der Waals surface area (Å²) in [6.07, 6.45) is 0. The molecule has 1 rings (SSSR count). The SMILES string of the molecule is N#Cc1cccc(NC(=O)N(CC(=O)O)CC(=O)O)c1. The fourth-order valence-corrected chi connectivity index (χ4v) is 1.40. The van der Waals surface area contributed by atoms with Crippen LogP contribution in [0.25, 0.3) is 0 Å². The number of urea groups is 1. The van der Waals surface area contributed by atoms with E-state index in [1.54, 1.807) is 0 Å². The highest BCUT2D eigenvalue weighted by Crippen LogP contribution is 2.10. The lowest BCUT2D eigenvalue weighted by atomic mass is 10.2. The van der Waals surface area contributed by atoms with Crippen LogP contribution in [-0.2, 0) is 9.59 Å². The number of carboxylic acids is 2. The van der Waals surface area contributed by atoms with Gasteiger partial charge in [-0.25, -0.2) is 4.79 Å². The van der Waals surface area contributed by atoms with Crippen LogP contribution in [0.1, 0.15) is 5.56 Å². The number of hydrogen-bond acceptors (Lipinski definition) is 4. The summed E-state index contributed by atoms with van der Waals surface area (Å²) in [5.41, 5.74) is 0.584. The number of benzene rings is 1. The minimum Gasteiger partial charge on any atom is -0.480 e. The van der Waals surface area contributed by atoms with Gasteiger partial charge in [-0.15, -0.1) is 0 Å². The number of carboxylic acid groups (broad SMARTS) is 2. The maximum absolute atomic E-state index is 11.8. The number of aliphatic carboxylic acids is 2. The number of rotatable bonds is 5. The molecule has 0 radical (unpaired) electrons. The second-order valence-electron chi connectivity index (χ2n) is 3.77. The average Bonchev–Trinajstić information content (AvgIpc) is 2.37. The topological polar surface area (TPSA) is 131 Å². The molecular weight excluding hydrogens is 266 g/mol. The number of nitriles is 1. The van der Waals surface area contributed by atoms with Gasteiger partial charge in [0.25, 0.3) is 0 Å². The van der Waals surface area contributed by atoms with Crippen molar-refractivity contribution in [1.29, 1.82) is 5.26 Å². The van der Waals surface area contributed by atoms with Crippen LogP contribution in [0.5, 0.6) is 0 Å². The Hall–Kier alpha value is -3.08. The fourth-order valence-electron chi connectivity index (χ4n) is 1.40. The molecule has 0 aromatic heterocycles. The van der Waals surface area contributed by atoms with Gasteiger partial charge in [-0.05, 0) is 18.2 Å². The van der Waals surface area contributed by atoms with Gasteiger partial charge >= 0.3 is 18.0 Å². The Balaban J connectivity index is 2.81. The molecule has 8 heteroatoms. The molecule has 20 heavy (non-hydrogen) atoms. The van der Waals surface area contributed by atoms with Gasteiger partial charge in [0.2, 0.25) is 0 Å². The largest absolute Gasteiger partial charge is 0.480 e. The highest BCUT2D eigenvalue weighted by Gasteiger charge is 2.19. The monoisotopic (exact) mass is 277 g/mol. The first-order valence-corrected chi connectivity index (χ1v) is 5.42. The van der Waals surface area contributed by atoms with Crippen molar-refractivity contribution in [1.82, 2.24) is 4.90 Å². The lowest BCUT2D eigenvalue weighted by molar-refractivity contribution is -0.140. The quantitative estimate of drug-likeness (QED) is 0.720. The number of anilines is 1. The Bertz CT molecular complexity index is 563. The van der Waals surface area contributed by atoms with Gasteiger partial charge in [0.15, 0.2) is 0 Å². The summed E-state index contributed by atoms with van der Waals surface area (Å²) >= 11 is 0. The van der Waals surface area contributed by atoms with E-state index >= 15 is 0 Å². The molecule has 1 aromatic rings. The second kappa shape index (κ2) is 6.75. The molecule has 0 atom stereocenters. The minimum absolute atomic E-state index is 0.273. The van der Waals surface area contributed by atoms with Crippen LogP contribution < -0.4 is 5.32 Å². The van der Waals surface area contributed by atoms with Crippen LogP contribution in [0.3, 0.4) is 0 Å². The van der Waals surface area contributed by atoms with Crippen molar-refractivity contribution in [2.24, 2.45) is 0 Å². The lowest BCUT2D eigenvalue weighted by Gasteiger charge is -2.19. The predicted octanol–water partition coefficient (Wildman–Crippen LogP) is 0.561. The molecule has 0 heterocycles. The summed E-state index contributed by atoms with van der Waals surface area (Å²) in [5, 5.41) is 28.3. The Labute approximate surface area is 113 Å². The van der Waals surface area contributed by atoms with Crippen LogP contribution >= 0.6 is 0 Å². The molecule has 0 aliphatic rings. The van der Waals surface area contributed by atoms with Gasteiger partial charge in [0.05, 0.1) is 11.6 Å². The highest BCUT2D eigenvalue weighted by atomic mass is 16.4. The van der Waals surface area contributed by atoms with E-state index < -0.39 is 31.1 Å². The first kappa shape index (κ1) is 15.0. The number of nitrogens with one attached hydrogen (secondary N) is 1. The number of hydrogen-bond donors (Lipinski definition) is 3. The van der Waals surface area contributed by atoms with Crippen molar-refractivity contribution >= 4 is 23.7 Å². The van der Waals surface area contributed by atoms with Crippen molar-refractivity contribution in [2.75, 3.05) is 18.4 Å². The third kappa shape index (κ3) is 4.66. The van der Waals surface area contributed by atoms with Crippen molar-refractivity contribution in [2.45, 2.75) is 0 Å². The molecule has 0 fully saturated rings. The standard InChI is InChI=1S/C12H11N3O5/c13-5-8-2-1-3-9(4-8)14-12(20)15(6-10(16)17)7-11(18)19/h1-4H,6-7H2,(H,14,20)(H,16,17)(H,18,19). The number of carbonyl (C=O) groups excluding carboxylic acids is 1. The molecule has 0 unspecified atom stereocenters. The van der Waals surface area contributed by atoms with Crippen molar-refractivity contribution < 1.29 is 24.6 Å². The van der Waals surface area contributed by atoms with E-state index in [1.807, 2.05) is 6.07 Å². The average molecular weight is 277 g/mol. The van der Waals surface area contributed by atoms with Crippen molar-refractivity contribution in [3.05, 3.63) is 29.8 Å². The molecule has 1 aromatic carbocycles. The summed E-state index contributed by atoms with van der Waals surface area (Å²) < 4.78 is 0. The third-order valence-electron chi connectivity index (χ3n) is 2.18. The van der Waals surface area contributed by atoms with E-state index in [4.69, 9.17) is 15.5 Å². The summed E-state index contributed by atoms with van der Waals surface area (Å²) in [6.45, 7) is -1.48. The maximum atomic E-state index is 11.8. The predicted molar refractivity (Wildman–Crippen MR) is 67.0 cm³/mol. The van der Waals surface area contributed by atoms with Gasteiger partial charge in [0.1, 0.15) is 13.1 Å². The first-order chi connectivity index (χ1) is 9.42. The van der Waals surface area contributed by atoms with E-state index in [0.717, 1.165) is 0 Å². The molecule has 0 saturated carbocycles. The van der Waals surface area contributed by atoms with Crippen LogP contribution in [0, 0.1) is 11.3 Å². The molecule has 104 valence electrons. The van der Waals surface area contributed by atoms with Gasteiger partial charge in [-0.1, -0.05) is 6.07 Å². The Morgan fingerprint density at radius 3 is 2.30 bits per heavy atom. The van der Waals surface area contributed by atoms with E-state index in [9.17, 15) is 14.4 Å². The molecule has 0 spiro atoms. The first-order valence-electron chi connectivity index (χ1n) is 5.42. The molecule has 0 aliphatic carbocycles. The Morgan fingerprint density at radius 1 is 1.20 bits per heavy atom. The Kier molecular flexibility index (Phi) is 5.05. The molecule has 0 aliphatic heterocycles. The zero-order valence-corrected chi connectivity index (χ0v) is 10.2. The Morgan fingerprint density at radius 2 is 1.80 bits per heavy atom. The molecule has 8 nitrogen and oxygen atoms in total. The number of nitrogens with zero attached hydrogens (tertiary/aromatic N) is 2. The molecule has 0 bridgehead atoms. The maximum Gasteiger partial charge on any atom is 0.323 e. The van der Waals surface area contributed by atoms with E-state index in [2.05, 4.69) is 5.32 Å². The van der Waals surface area contributed by atoms with Crippen molar-refractivity contribution in [3.8, 4) is 6.07 Å². The van der Waals surface area contributed by atoms with Gasteiger partial charge in [-0.2, -0.15) is 5.26 Å². The zero-order valence-electron chi connectivity index (χ0n) is 10.2. The number of carbonyl (C=O) groups is 3.